The number of hydrogen-bond donors (Lipinski definition) is 3. The summed E-state index contributed by atoms with van der Waals surface area (Å²) < 4.78 is 21.8. The van der Waals surface area contributed by atoms with Crippen LogP contribution in [0, 0.1) is 5.92 Å². The molecule has 0 aromatic heterocycles. The van der Waals surface area contributed by atoms with Crippen LogP contribution in [0.2, 0.25) is 0 Å². The summed E-state index contributed by atoms with van der Waals surface area (Å²) >= 11 is 0. The molecule has 1 atom stereocenters. The second kappa shape index (κ2) is 6.23. The molecule has 19 heavy (non-hydrogen) atoms. The summed E-state index contributed by atoms with van der Waals surface area (Å²) in [6.07, 6.45) is 1.08. The van der Waals surface area contributed by atoms with Crippen molar-refractivity contribution in [2.45, 2.75) is 38.5 Å². The van der Waals surface area contributed by atoms with Crippen LogP contribution in [-0.2, 0) is 14.6 Å². The number of rotatable bonds is 6. The van der Waals surface area contributed by atoms with E-state index >= 15 is 0 Å². The van der Waals surface area contributed by atoms with Crippen molar-refractivity contribution < 1.29 is 23.1 Å². The predicted octanol–water partition coefficient (Wildman–Crippen LogP) is 0.218. The van der Waals surface area contributed by atoms with E-state index in [0.717, 1.165) is 6.26 Å². The van der Waals surface area contributed by atoms with Crippen molar-refractivity contribution in [2.24, 2.45) is 5.92 Å². The third-order valence-corrected chi connectivity index (χ3v) is 5.05. The van der Waals surface area contributed by atoms with Gasteiger partial charge in [-0.25, -0.2) is 18.0 Å². The van der Waals surface area contributed by atoms with Crippen LogP contribution in [-0.4, -0.2) is 49.1 Å². The first-order chi connectivity index (χ1) is 8.38. The van der Waals surface area contributed by atoms with Gasteiger partial charge >= 0.3 is 12.0 Å². The molecule has 0 radical (unpaired) electrons. The summed E-state index contributed by atoms with van der Waals surface area (Å²) in [5, 5.41) is 13.6. The molecule has 3 N–H and O–H groups in total. The number of aliphatic carboxylic acids is 1. The number of nitrogens with one attached hydrogen (secondary N) is 2. The van der Waals surface area contributed by atoms with Crippen LogP contribution >= 0.6 is 0 Å². The molecule has 112 valence electrons. The minimum Gasteiger partial charge on any atom is -0.480 e. The minimum atomic E-state index is -3.32. The van der Waals surface area contributed by atoms with Gasteiger partial charge in [0, 0.05) is 12.8 Å². The molecule has 0 aliphatic rings. The van der Waals surface area contributed by atoms with Crippen LogP contribution in [0.3, 0.4) is 0 Å². The smallest absolute Gasteiger partial charge is 0.326 e. The van der Waals surface area contributed by atoms with Crippen LogP contribution in [0.4, 0.5) is 4.79 Å². The molecule has 0 aliphatic carbocycles. The van der Waals surface area contributed by atoms with Gasteiger partial charge in [0.15, 0.2) is 9.84 Å². The lowest BCUT2D eigenvalue weighted by Crippen LogP contribution is -2.52. The molecule has 0 aliphatic heterocycles. The lowest BCUT2D eigenvalue weighted by molar-refractivity contribution is -0.140. The average molecular weight is 294 g/mol. The standard InChI is InChI=1S/C11H22N2O5S/c1-7(2)8(9(14)15)13-10(16)12-6-11(3,4)19(5,17)18/h7-8H,6H2,1-5H3,(H,14,15)(H2,12,13,16)/t8-/m1/s1. The van der Waals surface area contributed by atoms with E-state index in [1.165, 1.54) is 13.8 Å². The van der Waals surface area contributed by atoms with Gasteiger partial charge in [-0.05, 0) is 19.8 Å². The third-order valence-electron chi connectivity index (χ3n) is 2.90. The van der Waals surface area contributed by atoms with Crippen LogP contribution < -0.4 is 10.6 Å². The average Bonchev–Trinajstić information content (AvgIpc) is 2.20. The van der Waals surface area contributed by atoms with Crippen molar-refractivity contribution in [1.29, 1.82) is 0 Å². The van der Waals surface area contributed by atoms with Crippen LogP contribution in [0.5, 0.6) is 0 Å². The fourth-order valence-electron chi connectivity index (χ4n) is 1.13. The summed E-state index contributed by atoms with van der Waals surface area (Å²) in [6.45, 7) is 6.21. The molecule has 0 unspecified atom stereocenters. The van der Waals surface area contributed by atoms with Crippen molar-refractivity contribution in [1.82, 2.24) is 10.6 Å². The number of carboxylic acids is 1. The molecule has 0 fully saturated rings. The largest absolute Gasteiger partial charge is 0.480 e. The zero-order chi connectivity index (χ0) is 15.4. The number of carbonyl (C=O) groups excluding carboxylic acids is 1. The lowest BCUT2D eigenvalue weighted by Gasteiger charge is -2.24. The molecule has 0 bridgehead atoms. The normalized spacial score (nSPS) is 14.0. The second-order valence-corrected chi connectivity index (χ2v) is 8.07. The van der Waals surface area contributed by atoms with Gasteiger partial charge in [-0.15, -0.1) is 0 Å². The summed E-state index contributed by atoms with van der Waals surface area (Å²) in [5.74, 6) is -1.40. The number of sulfone groups is 1. The van der Waals surface area contributed by atoms with E-state index in [4.69, 9.17) is 5.11 Å². The molecular formula is C11H22N2O5S. The van der Waals surface area contributed by atoms with E-state index in [2.05, 4.69) is 10.6 Å². The van der Waals surface area contributed by atoms with Crippen molar-refractivity contribution in [3.05, 3.63) is 0 Å². The maximum atomic E-state index is 11.6. The molecule has 0 aromatic rings. The Kier molecular flexibility index (Phi) is 5.80. The van der Waals surface area contributed by atoms with Gasteiger partial charge in [0.25, 0.3) is 0 Å². The Morgan fingerprint density at radius 1 is 1.26 bits per heavy atom. The van der Waals surface area contributed by atoms with E-state index in [9.17, 15) is 18.0 Å². The Bertz CT molecular complexity index is 442. The lowest BCUT2D eigenvalue weighted by atomic mass is 10.1. The van der Waals surface area contributed by atoms with Crippen LogP contribution in [0.15, 0.2) is 0 Å². The Balaban J connectivity index is 4.54. The van der Waals surface area contributed by atoms with Crippen molar-refractivity contribution in [3.8, 4) is 0 Å². The van der Waals surface area contributed by atoms with Crippen molar-refractivity contribution in [3.63, 3.8) is 0 Å². The number of hydrogen-bond acceptors (Lipinski definition) is 4. The minimum absolute atomic E-state index is 0.0951. The fraction of sp³-hybridized carbons (Fsp3) is 0.818. The first kappa shape index (κ1) is 17.7. The maximum Gasteiger partial charge on any atom is 0.326 e. The fourth-order valence-corrected chi connectivity index (χ4v) is 1.46. The summed E-state index contributed by atoms with van der Waals surface area (Å²) in [4.78, 5) is 22.5. The van der Waals surface area contributed by atoms with E-state index < -0.39 is 32.6 Å². The Hall–Kier alpha value is -1.31. The number of carbonyl (C=O) groups is 2. The third kappa shape index (κ3) is 5.46. The molecule has 8 heteroatoms. The number of amides is 2. The van der Waals surface area contributed by atoms with Gasteiger partial charge in [0.05, 0.1) is 4.75 Å². The molecule has 0 saturated carbocycles. The van der Waals surface area contributed by atoms with Crippen molar-refractivity contribution in [2.75, 3.05) is 12.8 Å². The Morgan fingerprint density at radius 3 is 2.05 bits per heavy atom. The van der Waals surface area contributed by atoms with Crippen LogP contribution in [0.25, 0.3) is 0 Å². The Labute approximate surface area is 113 Å². The highest BCUT2D eigenvalue weighted by atomic mass is 32.2. The zero-order valence-corrected chi connectivity index (χ0v) is 12.7. The van der Waals surface area contributed by atoms with E-state index in [1.54, 1.807) is 13.8 Å². The molecule has 0 rings (SSSR count). The molecule has 0 saturated heterocycles. The van der Waals surface area contributed by atoms with Gasteiger partial charge in [-0.1, -0.05) is 13.8 Å². The SMILES string of the molecule is CC(C)[C@@H](NC(=O)NCC(C)(C)S(C)(=O)=O)C(=O)O. The van der Waals surface area contributed by atoms with Gasteiger partial charge in [-0.3, -0.25) is 0 Å². The molecule has 0 spiro atoms. The van der Waals surface area contributed by atoms with Gasteiger partial charge in [0.2, 0.25) is 0 Å². The highest BCUT2D eigenvalue weighted by molar-refractivity contribution is 7.92. The molecule has 7 nitrogen and oxygen atoms in total. The zero-order valence-electron chi connectivity index (χ0n) is 11.9. The highest BCUT2D eigenvalue weighted by Gasteiger charge is 2.31. The quantitative estimate of drug-likeness (QED) is 0.648. The van der Waals surface area contributed by atoms with E-state index in [1.807, 2.05) is 0 Å². The summed E-state index contributed by atoms with van der Waals surface area (Å²) in [7, 11) is -3.32. The molecule has 0 aromatic carbocycles. The predicted molar refractivity (Wildman–Crippen MR) is 71.7 cm³/mol. The van der Waals surface area contributed by atoms with Gasteiger partial charge < -0.3 is 15.7 Å². The number of urea groups is 1. The van der Waals surface area contributed by atoms with Gasteiger partial charge in [0.1, 0.15) is 6.04 Å². The molecular weight excluding hydrogens is 272 g/mol. The van der Waals surface area contributed by atoms with E-state index in [-0.39, 0.29) is 12.5 Å². The summed E-state index contributed by atoms with van der Waals surface area (Å²) in [6, 6.07) is -1.71. The molecule has 0 heterocycles. The van der Waals surface area contributed by atoms with E-state index in [0.29, 0.717) is 0 Å². The first-order valence-corrected chi connectivity index (χ1v) is 7.74. The molecule has 2 amide bonds. The monoisotopic (exact) mass is 294 g/mol. The Morgan fingerprint density at radius 2 is 1.74 bits per heavy atom. The van der Waals surface area contributed by atoms with Crippen LogP contribution in [0.1, 0.15) is 27.7 Å². The van der Waals surface area contributed by atoms with Crippen molar-refractivity contribution >= 4 is 21.8 Å². The second-order valence-electron chi connectivity index (χ2n) is 5.42. The highest BCUT2D eigenvalue weighted by Crippen LogP contribution is 2.13. The summed E-state index contributed by atoms with van der Waals surface area (Å²) in [5.41, 5.74) is 0. The topological polar surface area (TPSA) is 113 Å². The number of carboxylic acid groups (broad SMARTS) is 1. The maximum absolute atomic E-state index is 11.6. The van der Waals surface area contributed by atoms with Gasteiger partial charge in [-0.2, -0.15) is 0 Å². The first-order valence-electron chi connectivity index (χ1n) is 5.85.